The molecule has 20 heavy (non-hydrogen) atoms. The lowest BCUT2D eigenvalue weighted by atomic mass is 9.87. The van der Waals surface area contributed by atoms with Gasteiger partial charge in [-0.05, 0) is 44.1 Å². The maximum Gasteiger partial charge on any atom is 0.252 e. The Morgan fingerprint density at radius 2 is 1.95 bits per heavy atom. The first kappa shape index (κ1) is 12.9. The van der Waals surface area contributed by atoms with Crippen molar-refractivity contribution >= 4 is 11.6 Å². The van der Waals surface area contributed by atoms with Crippen molar-refractivity contribution in [2.75, 3.05) is 18.4 Å². The first-order chi connectivity index (χ1) is 9.81. The molecule has 0 spiro atoms. The van der Waals surface area contributed by atoms with E-state index in [4.69, 9.17) is 0 Å². The Labute approximate surface area is 118 Å². The molecule has 104 valence electrons. The maximum absolute atomic E-state index is 12.8. The largest absolute Gasteiger partial charge is 0.324 e. The number of hydrogen-bond donors (Lipinski definition) is 2. The molecular formula is C15H18N4O. The fourth-order valence-corrected chi connectivity index (χ4v) is 2.69. The molecule has 1 aromatic carbocycles. The summed E-state index contributed by atoms with van der Waals surface area (Å²) in [5, 5.41) is 10.6. The number of hydrogen-bond acceptors (Lipinski definition) is 3. The van der Waals surface area contributed by atoms with Gasteiger partial charge in [-0.15, -0.1) is 0 Å². The highest BCUT2D eigenvalue weighted by atomic mass is 16.2. The number of carbonyl (C=O) groups excluding carboxylic acids is 1. The molecule has 2 N–H and O–H groups in total. The molecule has 0 saturated carbocycles. The van der Waals surface area contributed by atoms with Crippen LogP contribution in [0.25, 0.3) is 0 Å². The van der Waals surface area contributed by atoms with Crippen LogP contribution in [-0.4, -0.2) is 28.8 Å². The van der Waals surface area contributed by atoms with Crippen LogP contribution in [0.2, 0.25) is 0 Å². The molecule has 5 heteroatoms. The summed E-state index contributed by atoms with van der Waals surface area (Å²) in [4.78, 5) is 12.8. The van der Waals surface area contributed by atoms with Gasteiger partial charge in [0, 0.05) is 18.1 Å². The predicted molar refractivity (Wildman–Crippen MR) is 77.4 cm³/mol. The van der Waals surface area contributed by atoms with E-state index in [1.807, 2.05) is 42.6 Å². The molecule has 0 radical (unpaired) electrons. The molecular weight excluding hydrogens is 252 g/mol. The zero-order valence-corrected chi connectivity index (χ0v) is 11.2. The van der Waals surface area contributed by atoms with E-state index in [9.17, 15) is 4.79 Å². The van der Waals surface area contributed by atoms with E-state index in [1.165, 1.54) is 0 Å². The summed E-state index contributed by atoms with van der Waals surface area (Å²) >= 11 is 0. The fraction of sp³-hybridized carbons (Fsp3) is 0.333. The van der Waals surface area contributed by atoms with Gasteiger partial charge in [0.25, 0.3) is 5.91 Å². The first-order valence-electron chi connectivity index (χ1n) is 6.89. The molecule has 3 rings (SSSR count). The average molecular weight is 270 g/mol. The number of rotatable bonds is 3. The minimum Gasteiger partial charge on any atom is -0.324 e. The van der Waals surface area contributed by atoms with Gasteiger partial charge in [0.2, 0.25) is 0 Å². The SMILES string of the molecule is O=C(Nc1ccccc1)C1(n2cccn2)CCNCC1. The van der Waals surface area contributed by atoms with Crippen LogP contribution in [0.15, 0.2) is 48.8 Å². The van der Waals surface area contributed by atoms with Gasteiger partial charge in [-0.1, -0.05) is 18.2 Å². The molecule has 1 aromatic heterocycles. The molecule has 1 amide bonds. The highest BCUT2D eigenvalue weighted by Gasteiger charge is 2.41. The summed E-state index contributed by atoms with van der Waals surface area (Å²) in [6, 6.07) is 11.4. The van der Waals surface area contributed by atoms with Gasteiger partial charge < -0.3 is 10.6 Å². The maximum atomic E-state index is 12.8. The Balaban J connectivity index is 1.88. The molecule has 0 bridgehead atoms. The van der Waals surface area contributed by atoms with Crippen LogP contribution < -0.4 is 10.6 Å². The number of piperidine rings is 1. The van der Waals surface area contributed by atoms with E-state index in [2.05, 4.69) is 15.7 Å². The van der Waals surface area contributed by atoms with E-state index in [0.29, 0.717) is 0 Å². The zero-order valence-electron chi connectivity index (χ0n) is 11.2. The minimum absolute atomic E-state index is 0.00824. The monoisotopic (exact) mass is 270 g/mol. The van der Waals surface area contributed by atoms with Crippen LogP contribution in [0.1, 0.15) is 12.8 Å². The molecule has 1 aliphatic rings. The van der Waals surface area contributed by atoms with Crippen molar-refractivity contribution in [1.82, 2.24) is 15.1 Å². The van der Waals surface area contributed by atoms with Gasteiger partial charge in [-0.25, -0.2) is 0 Å². The van der Waals surface area contributed by atoms with Crippen LogP contribution in [-0.2, 0) is 10.3 Å². The third-order valence-electron chi connectivity index (χ3n) is 3.83. The van der Waals surface area contributed by atoms with Gasteiger partial charge in [0.1, 0.15) is 5.54 Å². The van der Waals surface area contributed by atoms with Crippen molar-refractivity contribution in [1.29, 1.82) is 0 Å². The second-order valence-corrected chi connectivity index (χ2v) is 5.05. The molecule has 1 saturated heterocycles. The van der Waals surface area contributed by atoms with Crippen molar-refractivity contribution in [3.63, 3.8) is 0 Å². The summed E-state index contributed by atoms with van der Waals surface area (Å²) in [6.07, 6.45) is 5.08. The number of carbonyl (C=O) groups is 1. The van der Waals surface area contributed by atoms with E-state index < -0.39 is 5.54 Å². The van der Waals surface area contributed by atoms with Crippen LogP contribution >= 0.6 is 0 Å². The Morgan fingerprint density at radius 1 is 1.20 bits per heavy atom. The molecule has 1 fully saturated rings. The summed E-state index contributed by atoms with van der Waals surface area (Å²) < 4.78 is 1.80. The normalized spacial score (nSPS) is 17.6. The van der Waals surface area contributed by atoms with Crippen molar-refractivity contribution in [2.45, 2.75) is 18.4 Å². The van der Waals surface area contributed by atoms with Crippen LogP contribution in [0.4, 0.5) is 5.69 Å². The van der Waals surface area contributed by atoms with Gasteiger partial charge in [-0.2, -0.15) is 5.10 Å². The summed E-state index contributed by atoms with van der Waals surface area (Å²) in [5.41, 5.74) is 0.229. The van der Waals surface area contributed by atoms with Crippen LogP contribution in [0.3, 0.4) is 0 Å². The van der Waals surface area contributed by atoms with E-state index >= 15 is 0 Å². The van der Waals surface area contributed by atoms with Crippen LogP contribution in [0.5, 0.6) is 0 Å². The van der Waals surface area contributed by atoms with Crippen molar-refractivity contribution in [3.05, 3.63) is 48.8 Å². The van der Waals surface area contributed by atoms with Crippen molar-refractivity contribution in [2.24, 2.45) is 0 Å². The van der Waals surface area contributed by atoms with Gasteiger partial charge in [0.15, 0.2) is 0 Å². The third kappa shape index (κ3) is 2.32. The lowest BCUT2D eigenvalue weighted by molar-refractivity contribution is -0.126. The molecule has 5 nitrogen and oxygen atoms in total. The van der Waals surface area contributed by atoms with Gasteiger partial charge >= 0.3 is 0 Å². The average Bonchev–Trinajstić information content (AvgIpc) is 3.04. The molecule has 2 heterocycles. The summed E-state index contributed by atoms with van der Waals surface area (Å²) in [6.45, 7) is 1.64. The number of nitrogens with zero attached hydrogens (tertiary/aromatic N) is 2. The summed E-state index contributed by atoms with van der Waals surface area (Å²) in [7, 11) is 0. The highest BCUT2D eigenvalue weighted by molar-refractivity contribution is 5.96. The quantitative estimate of drug-likeness (QED) is 0.890. The number of amides is 1. The van der Waals surface area contributed by atoms with Gasteiger partial charge in [0.05, 0.1) is 0 Å². The van der Waals surface area contributed by atoms with Crippen molar-refractivity contribution < 1.29 is 4.79 Å². The molecule has 2 aromatic rings. The minimum atomic E-state index is -0.593. The molecule has 0 atom stereocenters. The number of para-hydroxylation sites is 1. The summed E-state index contributed by atoms with van der Waals surface area (Å²) in [5.74, 6) is 0.00824. The predicted octanol–water partition coefficient (Wildman–Crippen LogP) is 1.60. The Morgan fingerprint density at radius 3 is 2.60 bits per heavy atom. The first-order valence-corrected chi connectivity index (χ1v) is 6.89. The Hall–Kier alpha value is -2.14. The third-order valence-corrected chi connectivity index (χ3v) is 3.83. The lowest BCUT2D eigenvalue weighted by Gasteiger charge is -2.36. The van der Waals surface area contributed by atoms with E-state index in [1.54, 1.807) is 10.9 Å². The Kier molecular flexibility index (Phi) is 3.52. The Bertz CT molecular complexity index is 559. The fourth-order valence-electron chi connectivity index (χ4n) is 2.69. The molecule has 0 aliphatic carbocycles. The second kappa shape index (κ2) is 5.46. The smallest absolute Gasteiger partial charge is 0.252 e. The number of nitrogens with one attached hydrogen (secondary N) is 2. The van der Waals surface area contributed by atoms with Crippen LogP contribution in [0, 0.1) is 0 Å². The molecule has 0 unspecified atom stereocenters. The van der Waals surface area contributed by atoms with E-state index in [0.717, 1.165) is 31.6 Å². The molecule has 1 aliphatic heterocycles. The lowest BCUT2D eigenvalue weighted by Crippen LogP contribution is -2.52. The van der Waals surface area contributed by atoms with Crippen molar-refractivity contribution in [3.8, 4) is 0 Å². The number of benzene rings is 1. The number of aromatic nitrogens is 2. The standard InChI is InChI=1S/C15H18N4O/c20-14(18-13-5-2-1-3-6-13)15(7-10-16-11-8-15)19-12-4-9-17-19/h1-6,9,12,16H,7-8,10-11H2,(H,18,20). The zero-order chi connectivity index (χ0) is 13.8. The van der Waals surface area contributed by atoms with Gasteiger partial charge in [-0.3, -0.25) is 9.48 Å². The van der Waals surface area contributed by atoms with E-state index in [-0.39, 0.29) is 5.91 Å². The highest BCUT2D eigenvalue weighted by Crippen LogP contribution is 2.28. The second-order valence-electron chi connectivity index (χ2n) is 5.05. The topological polar surface area (TPSA) is 59.0 Å². The number of anilines is 1.